The molecule has 0 atom stereocenters. The molecule has 0 aliphatic carbocycles. The Kier molecular flexibility index (Phi) is 2.71. The van der Waals surface area contributed by atoms with Crippen molar-refractivity contribution in [1.82, 2.24) is 0 Å². The van der Waals surface area contributed by atoms with Crippen LogP contribution in [0.15, 0.2) is 12.1 Å². The molecular weight excluding hydrogens is 232 g/mol. The van der Waals surface area contributed by atoms with E-state index in [4.69, 9.17) is 0 Å². The van der Waals surface area contributed by atoms with E-state index in [9.17, 15) is 0 Å². The van der Waals surface area contributed by atoms with Crippen molar-refractivity contribution in [2.24, 2.45) is 0 Å². The Hall–Kier alpha value is -0.340. The summed E-state index contributed by atoms with van der Waals surface area (Å²) in [6.07, 6.45) is 0. The van der Waals surface area contributed by atoms with Crippen LogP contribution in [0.3, 0.4) is 0 Å². The van der Waals surface area contributed by atoms with Crippen LogP contribution in [0.4, 0.5) is 0 Å². The molecule has 2 aromatic heterocycles. The number of fused-ring (bicyclic) bond motifs is 1. The largest absolute Gasteiger partial charge is 0.129 e. The van der Waals surface area contributed by atoms with Gasteiger partial charge in [-0.2, -0.15) is 0 Å². The Labute approximate surface area is 106 Å². The van der Waals surface area contributed by atoms with Crippen molar-refractivity contribution >= 4 is 32.1 Å². The maximum Gasteiger partial charge on any atom is 0.0871 e. The third-order valence-electron chi connectivity index (χ3n) is 2.69. The SMILES string of the molecule is CC(C)(C)c1cc2cc(C(C)(C)C)sc2s1. The van der Waals surface area contributed by atoms with Crippen LogP contribution in [0.25, 0.3) is 9.40 Å². The predicted molar refractivity (Wildman–Crippen MR) is 77.1 cm³/mol. The van der Waals surface area contributed by atoms with Gasteiger partial charge in [-0.1, -0.05) is 41.5 Å². The Bertz CT molecular complexity index is 426. The molecule has 2 aromatic rings. The van der Waals surface area contributed by atoms with Crippen molar-refractivity contribution in [3.05, 3.63) is 21.9 Å². The Morgan fingerprint density at radius 3 is 1.38 bits per heavy atom. The van der Waals surface area contributed by atoms with E-state index >= 15 is 0 Å². The molecule has 0 aliphatic heterocycles. The predicted octanol–water partition coefficient (Wildman–Crippen LogP) is 5.56. The van der Waals surface area contributed by atoms with E-state index < -0.39 is 0 Å². The minimum atomic E-state index is 0.283. The highest BCUT2D eigenvalue weighted by molar-refractivity contribution is 7.38. The second-order valence-corrected chi connectivity index (χ2v) is 8.83. The topological polar surface area (TPSA) is 0 Å². The van der Waals surface area contributed by atoms with Crippen LogP contribution in [0.2, 0.25) is 0 Å². The lowest BCUT2D eigenvalue weighted by Crippen LogP contribution is -2.08. The molecule has 0 fully saturated rings. The number of thiophene rings is 2. The van der Waals surface area contributed by atoms with Crippen LogP contribution in [-0.2, 0) is 10.8 Å². The van der Waals surface area contributed by atoms with Gasteiger partial charge in [0.05, 0.1) is 4.01 Å². The molecule has 88 valence electrons. The lowest BCUT2D eigenvalue weighted by atomic mass is 9.93. The summed E-state index contributed by atoms with van der Waals surface area (Å²) in [5, 5.41) is 1.44. The highest BCUT2D eigenvalue weighted by Crippen LogP contribution is 2.41. The zero-order valence-corrected chi connectivity index (χ0v) is 12.6. The van der Waals surface area contributed by atoms with Gasteiger partial charge in [-0.3, -0.25) is 0 Å². The molecule has 2 rings (SSSR count). The van der Waals surface area contributed by atoms with E-state index in [1.165, 1.54) is 19.2 Å². The molecule has 0 nitrogen and oxygen atoms in total. The van der Waals surface area contributed by atoms with Crippen molar-refractivity contribution in [2.45, 2.75) is 52.4 Å². The third-order valence-corrected chi connectivity index (χ3v) is 5.94. The zero-order chi connectivity index (χ0) is 12.1. The molecule has 0 saturated carbocycles. The minimum absolute atomic E-state index is 0.283. The lowest BCUT2D eigenvalue weighted by Gasteiger charge is -2.16. The van der Waals surface area contributed by atoms with Crippen LogP contribution in [0.1, 0.15) is 51.3 Å². The van der Waals surface area contributed by atoms with Crippen LogP contribution in [0.5, 0.6) is 0 Å². The number of hydrogen-bond donors (Lipinski definition) is 0. The standard InChI is InChI=1S/C14H20S2/c1-13(2,3)10-7-9-8-11(14(4,5)6)16-12(9)15-10/h7-8H,1-6H3. The van der Waals surface area contributed by atoms with E-state index in [2.05, 4.69) is 53.7 Å². The summed E-state index contributed by atoms with van der Waals surface area (Å²) in [4.78, 5) is 2.99. The molecule has 16 heavy (non-hydrogen) atoms. The molecule has 0 N–H and O–H groups in total. The average molecular weight is 252 g/mol. The Morgan fingerprint density at radius 2 is 1.12 bits per heavy atom. The lowest BCUT2D eigenvalue weighted by molar-refractivity contribution is 0.603. The monoisotopic (exact) mass is 252 g/mol. The highest BCUT2D eigenvalue weighted by atomic mass is 32.2. The highest BCUT2D eigenvalue weighted by Gasteiger charge is 2.21. The number of rotatable bonds is 0. The van der Waals surface area contributed by atoms with Crippen molar-refractivity contribution < 1.29 is 0 Å². The smallest absolute Gasteiger partial charge is 0.0871 e. The molecule has 0 saturated heterocycles. The summed E-state index contributed by atoms with van der Waals surface area (Å²) in [6, 6.07) is 4.73. The van der Waals surface area contributed by atoms with Gasteiger partial charge in [-0.15, -0.1) is 22.7 Å². The summed E-state index contributed by atoms with van der Waals surface area (Å²) >= 11 is 3.92. The fourth-order valence-electron chi connectivity index (χ4n) is 1.58. The van der Waals surface area contributed by atoms with Crippen LogP contribution in [0, 0.1) is 0 Å². The first-order chi connectivity index (χ1) is 7.18. The molecule has 0 aliphatic rings. The van der Waals surface area contributed by atoms with Gasteiger partial charge >= 0.3 is 0 Å². The second-order valence-electron chi connectivity index (χ2n) is 6.46. The first kappa shape index (κ1) is 12.1. The minimum Gasteiger partial charge on any atom is -0.129 e. The maximum atomic E-state index is 2.37. The van der Waals surface area contributed by atoms with E-state index in [0.717, 1.165) is 0 Å². The van der Waals surface area contributed by atoms with E-state index in [-0.39, 0.29) is 10.8 Å². The molecule has 0 bridgehead atoms. The van der Waals surface area contributed by atoms with Gasteiger partial charge in [0.15, 0.2) is 0 Å². The van der Waals surface area contributed by atoms with Crippen molar-refractivity contribution in [3.8, 4) is 0 Å². The quantitative estimate of drug-likeness (QED) is 0.576. The second kappa shape index (κ2) is 3.58. The molecule has 0 unspecified atom stereocenters. The summed E-state index contributed by atoms with van der Waals surface area (Å²) < 4.78 is 1.48. The van der Waals surface area contributed by atoms with Gasteiger partial charge in [-0.05, 0) is 23.0 Å². The van der Waals surface area contributed by atoms with Gasteiger partial charge in [0.25, 0.3) is 0 Å². The van der Waals surface area contributed by atoms with Gasteiger partial charge in [0.2, 0.25) is 0 Å². The Morgan fingerprint density at radius 1 is 0.750 bits per heavy atom. The van der Waals surface area contributed by atoms with Gasteiger partial charge < -0.3 is 0 Å². The van der Waals surface area contributed by atoms with Crippen molar-refractivity contribution in [3.63, 3.8) is 0 Å². The fraction of sp³-hybridized carbons (Fsp3) is 0.571. The molecule has 2 heterocycles. The van der Waals surface area contributed by atoms with Crippen LogP contribution in [-0.4, -0.2) is 0 Å². The van der Waals surface area contributed by atoms with Crippen molar-refractivity contribution in [2.75, 3.05) is 0 Å². The van der Waals surface area contributed by atoms with Crippen molar-refractivity contribution in [1.29, 1.82) is 0 Å². The maximum absolute atomic E-state index is 2.37. The molecule has 0 radical (unpaired) electrons. The van der Waals surface area contributed by atoms with Crippen LogP contribution < -0.4 is 0 Å². The molecular formula is C14H20S2. The summed E-state index contributed by atoms with van der Waals surface area (Å²) in [5.74, 6) is 0. The summed E-state index contributed by atoms with van der Waals surface area (Å²) in [7, 11) is 0. The first-order valence-corrected chi connectivity index (χ1v) is 7.35. The number of hydrogen-bond acceptors (Lipinski definition) is 2. The summed E-state index contributed by atoms with van der Waals surface area (Å²) in [6.45, 7) is 13.7. The van der Waals surface area contributed by atoms with E-state index in [0.29, 0.717) is 0 Å². The molecule has 0 aromatic carbocycles. The normalized spacial score (nSPS) is 13.6. The molecule has 0 amide bonds. The molecule has 2 heteroatoms. The average Bonchev–Trinajstić information content (AvgIpc) is 2.53. The van der Waals surface area contributed by atoms with Gasteiger partial charge in [-0.25, -0.2) is 0 Å². The Balaban J connectivity index is 2.49. The van der Waals surface area contributed by atoms with E-state index in [1.807, 2.05) is 22.7 Å². The zero-order valence-electron chi connectivity index (χ0n) is 11.0. The fourth-order valence-corrected chi connectivity index (χ4v) is 4.14. The van der Waals surface area contributed by atoms with E-state index in [1.54, 1.807) is 0 Å². The third kappa shape index (κ3) is 2.18. The first-order valence-electron chi connectivity index (χ1n) is 5.72. The van der Waals surface area contributed by atoms with Gasteiger partial charge in [0.1, 0.15) is 0 Å². The van der Waals surface area contributed by atoms with Gasteiger partial charge in [0, 0.05) is 15.1 Å². The van der Waals surface area contributed by atoms with Crippen LogP contribution >= 0.6 is 22.7 Å². The molecule has 0 spiro atoms. The summed E-state index contributed by atoms with van der Waals surface area (Å²) in [5.41, 5.74) is 0.566.